The number of hydrogen-bond donors (Lipinski definition) is 2. The van der Waals surface area contributed by atoms with Gasteiger partial charge in [-0.3, -0.25) is 4.79 Å². The quantitative estimate of drug-likeness (QED) is 0.797. The minimum Gasteiger partial charge on any atom is -0.396 e. The molecule has 1 heterocycles. The van der Waals surface area contributed by atoms with Gasteiger partial charge in [-0.15, -0.1) is 0 Å². The van der Waals surface area contributed by atoms with E-state index in [4.69, 9.17) is 5.73 Å². The summed E-state index contributed by atoms with van der Waals surface area (Å²) < 4.78 is 38.4. The number of nitrogens with two attached hydrogens (primary N) is 1. The standard InChI is InChI=1S/C13H18FN3O3S/c1-21(19,20)16-10-3-2-6-17(8-10)13(18)9-4-5-12(15)11(14)7-9/h4-5,7,10,16H,2-3,6,8,15H2,1H3. The molecule has 0 aliphatic carbocycles. The summed E-state index contributed by atoms with van der Waals surface area (Å²) in [6.07, 6.45) is 2.45. The van der Waals surface area contributed by atoms with Crippen molar-refractivity contribution >= 4 is 21.6 Å². The first-order valence-electron chi connectivity index (χ1n) is 6.58. The van der Waals surface area contributed by atoms with Gasteiger partial charge in [-0.2, -0.15) is 0 Å². The number of carbonyl (C=O) groups is 1. The Kier molecular flexibility index (Phi) is 4.48. The number of anilines is 1. The van der Waals surface area contributed by atoms with E-state index in [9.17, 15) is 17.6 Å². The molecule has 0 saturated carbocycles. The molecule has 6 nitrogen and oxygen atoms in total. The smallest absolute Gasteiger partial charge is 0.254 e. The Morgan fingerprint density at radius 2 is 2.19 bits per heavy atom. The minimum atomic E-state index is -3.31. The number of benzene rings is 1. The summed E-state index contributed by atoms with van der Waals surface area (Å²) in [6.45, 7) is 0.796. The van der Waals surface area contributed by atoms with E-state index in [2.05, 4.69) is 4.72 Å². The highest BCUT2D eigenvalue weighted by molar-refractivity contribution is 7.88. The normalized spacial score (nSPS) is 19.5. The fourth-order valence-electron chi connectivity index (χ4n) is 2.40. The number of rotatable bonds is 3. The van der Waals surface area contributed by atoms with Crippen molar-refractivity contribution in [2.45, 2.75) is 18.9 Å². The van der Waals surface area contributed by atoms with Gasteiger partial charge in [0.05, 0.1) is 11.9 Å². The Balaban J connectivity index is 2.10. The molecular formula is C13H18FN3O3S. The fraction of sp³-hybridized carbons (Fsp3) is 0.462. The summed E-state index contributed by atoms with van der Waals surface area (Å²) in [6, 6.07) is 3.61. The molecule has 0 spiro atoms. The molecule has 3 N–H and O–H groups in total. The summed E-state index contributed by atoms with van der Waals surface area (Å²) in [5, 5.41) is 0. The number of nitrogens with one attached hydrogen (secondary N) is 1. The van der Waals surface area contributed by atoms with Gasteiger partial charge >= 0.3 is 0 Å². The van der Waals surface area contributed by atoms with Crippen molar-refractivity contribution < 1.29 is 17.6 Å². The molecule has 0 aromatic heterocycles. The van der Waals surface area contributed by atoms with Crippen LogP contribution >= 0.6 is 0 Å². The zero-order valence-corrected chi connectivity index (χ0v) is 12.5. The van der Waals surface area contributed by atoms with Crippen LogP contribution in [-0.4, -0.2) is 44.6 Å². The molecule has 1 atom stereocenters. The number of likely N-dealkylation sites (tertiary alicyclic amines) is 1. The molecular weight excluding hydrogens is 297 g/mol. The number of piperidine rings is 1. The largest absolute Gasteiger partial charge is 0.396 e. The molecule has 1 aromatic carbocycles. The Hall–Kier alpha value is -1.67. The number of amides is 1. The molecule has 1 unspecified atom stereocenters. The van der Waals surface area contributed by atoms with E-state index in [0.717, 1.165) is 12.3 Å². The van der Waals surface area contributed by atoms with Gasteiger partial charge in [0.2, 0.25) is 10.0 Å². The average molecular weight is 315 g/mol. The molecule has 0 radical (unpaired) electrons. The topological polar surface area (TPSA) is 92.5 Å². The van der Waals surface area contributed by atoms with E-state index < -0.39 is 15.8 Å². The number of hydrogen-bond acceptors (Lipinski definition) is 4. The van der Waals surface area contributed by atoms with Crippen LogP contribution in [0.15, 0.2) is 18.2 Å². The Morgan fingerprint density at radius 3 is 2.81 bits per heavy atom. The maximum absolute atomic E-state index is 13.4. The first-order chi connectivity index (χ1) is 9.76. The Bertz CT molecular complexity index is 648. The van der Waals surface area contributed by atoms with Gasteiger partial charge in [0, 0.05) is 24.7 Å². The van der Waals surface area contributed by atoms with Gasteiger partial charge in [-0.05, 0) is 31.0 Å². The highest BCUT2D eigenvalue weighted by atomic mass is 32.2. The first kappa shape index (κ1) is 15.7. The zero-order valence-electron chi connectivity index (χ0n) is 11.7. The van der Waals surface area contributed by atoms with Crippen molar-refractivity contribution in [2.75, 3.05) is 25.1 Å². The number of sulfonamides is 1. The number of nitrogens with zero attached hydrogens (tertiary/aromatic N) is 1. The third-order valence-corrected chi connectivity index (χ3v) is 4.10. The molecule has 1 amide bonds. The van der Waals surface area contributed by atoms with E-state index >= 15 is 0 Å². The van der Waals surface area contributed by atoms with Crippen LogP contribution in [0.1, 0.15) is 23.2 Å². The maximum atomic E-state index is 13.4. The number of halogens is 1. The molecule has 116 valence electrons. The van der Waals surface area contributed by atoms with Crippen molar-refractivity contribution in [1.29, 1.82) is 0 Å². The van der Waals surface area contributed by atoms with Crippen molar-refractivity contribution in [3.63, 3.8) is 0 Å². The van der Waals surface area contributed by atoms with E-state index in [-0.39, 0.29) is 29.7 Å². The van der Waals surface area contributed by atoms with Crippen molar-refractivity contribution in [3.8, 4) is 0 Å². The lowest BCUT2D eigenvalue weighted by Gasteiger charge is -2.32. The van der Waals surface area contributed by atoms with Crippen molar-refractivity contribution in [1.82, 2.24) is 9.62 Å². The maximum Gasteiger partial charge on any atom is 0.254 e. The summed E-state index contributed by atoms with van der Waals surface area (Å²) in [5.41, 5.74) is 5.58. The summed E-state index contributed by atoms with van der Waals surface area (Å²) in [7, 11) is -3.31. The lowest BCUT2D eigenvalue weighted by atomic mass is 10.1. The van der Waals surface area contributed by atoms with Gasteiger partial charge in [0.25, 0.3) is 5.91 Å². The molecule has 1 aliphatic heterocycles. The third kappa shape index (κ3) is 4.15. The summed E-state index contributed by atoms with van der Waals surface area (Å²) >= 11 is 0. The van der Waals surface area contributed by atoms with Crippen LogP contribution < -0.4 is 10.5 Å². The Labute approximate surface area is 123 Å². The third-order valence-electron chi connectivity index (χ3n) is 3.34. The average Bonchev–Trinajstić information content (AvgIpc) is 2.39. The van der Waals surface area contributed by atoms with Gasteiger partial charge < -0.3 is 10.6 Å². The molecule has 1 aromatic rings. The van der Waals surface area contributed by atoms with Gasteiger partial charge in [0.15, 0.2) is 0 Å². The van der Waals surface area contributed by atoms with E-state index in [1.165, 1.54) is 17.0 Å². The number of carbonyl (C=O) groups excluding carboxylic acids is 1. The second-order valence-electron chi connectivity index (χ2n) is 5.22. The van der Waals surface area contributed by atoms with Crippen LogP contribution in [0.3, 0.4) is 0 Å². The van der Waals surface area contributed by atoms with Crippen molar-refractivity contribution in [3.05, 3.63) is 29.6 Å². The molecule has 1 saturated heterocycles. The molecule has 21 heavy (non-hydrogen) atoms. The van der Waals surface area contributed by atoms with Crippen LogP contribution in [0.5, 0.6) is 0 Å². The van der Waals surface area contributed by atoms with Crippen molar-refractivity contribution in [2.24, 2.45) is 0 Å². The van der Waals surface area contributed by atoms with Gasteiger partial charge in [-0.1, -0.05) is 0 Å². The van der Waals surface area contributed by atoms with E-state index in [0.29, 0.717) is 19.4 Å². The highest BCUT2D eigenvalue weighted by Gasteiger charge is 2.26. The van der Waals surface area contributed by atoms with Crippen LogP contribution in [0.25, 0.3) is 0 Å². The molecule has 8 heteroatoms. The fourth-order valence-corrected chi connectivity index (χ4v) is 3.20. The SMILES string of the molecule is CS(=O)(=O)NC1CCCN(C(=O)c2ccc(N)c(F)c2)C1. The zero-order chi connectivity index (χ0) is 15.6. The lowest BCUT2D eigenvalue weighted by molar-refractivity contribution is 0.0702. The Morgan fingerprint density at radius 1 is 1.48 bits per heavy atom. The molecule has 1 fully saturated rings. The van der Waals surface area contributed by atoms with Crippen LogP contribution in [0.4, 0.5) is 10.1 Å². The van der Waals surface area contributed by atoms with Crippen LogP contribution in [-0.2, 0) is 10.0 Å². The number of nitrogen functional groups attached to an aromatic ring is 1. The minimum absolute atomic E-state index is 0.0122. The van der Waals surface area contributed by atoms with E-state index in [1.807, 2.05) is 0 Å². The molecule has 2 rings (SSSR count). The lowest BCUT2D eigenvalue weighted by Crippen LogP contribution is -2.49. The predicted molar refractivity (Wildman–Crippen MR) is 77.7 cm³/mol. The van der Waals surface area contributed by atoms with Crippen LogP contribution in [0, 0.1) is 5.82 Å². The van der Waals surface area contributed by atoms with Gasteiger partial charge in [-0.25, -0.2) is 17.5 Å². The molecule has 1 aliphatic rings. The van der Waals surface area contributed by atoms with E-state index in [1.54, 1.807) is 0 Å². The molecule has 0 bridgehead atoms. The van der Waals surface area contributed by atoms with Crippen LogP contribution in [0.2, 0.25) is 0 Å². The second-order valence-corrected chi connectivity index (χ2v) is 7.00. The highest BCUT2D eigenvalue weighted by Crippen LogP contribution is 2.17. The van der Waals surface area contributed by atoms with Gasteiger partial charge in [0.1, 0.15) is 5.82 Å². The summed E-state index contributed by atoms with van der Waals surface area (Å²) in [5.74, 6) is -0.961. The summed E-state index contributed by atoms with van der Waals surface area (Å²) in [4.78, 5) is 13.8. The monoisotopic (exact) mass is 315 g/mol. The second kappa shape index (κ2) is 5.98. The predicted octanol–water partition coefficient (Wildman–Crippen LogP) is 0.562. The first-order valence-corrected chi connectivity index (χ1v) is 8.47.